The van der Waals surface area contributed by atoms with Gasteiger partial charge in [0.1, 0.15) is 5.75 Å². The molecule has 0 amide bonds. The Kier molecular flexibility index (Phi) is 6.36. The first kappa shape index (κ1) is 15.2. The van der Waals surface area contributed by atoms with Crippen LogP contribution in [0.3, 0.4) is 0 Å². The molecule has 1 N–H and O–H groups in total. The standard InChI is InChI=1S/C14H19NO2.BrH/c1-17-13-4-2-3-12(10-13)14(16)9-11-5-7-15-8-6-11;/h2-4,10-11,15H,5-9H2,1H3;1H. The molecule has 3 nitrogen and oxygen atoms in total. The van der Waals surface area contributed by atoms with Gasteiger partial charge in [0.25, 0.3) is 0 Å². The first-order valence-corrected chi connectivity index (χ1v) is 6.17. The van der Waals surface area contributed by atoms with Crippen LogP contribution in [0.2, 0.25) is 0 Å². The first-order chi connectivity index (χ1) is 8.29. The average molecular weight is 314 g/mol. The minimum atomic E-state index is 0. The van der Waals surface area contributed by atoms with Crippen molar-refractivity contribution < 1.29 is 9.53 Å². The smallest absolute Gasteiger partial charge is 0.163 e. The second-order valence-corrected chi connectivity index (χ2v) is 4.55. The van der Waals surface area contributed by atoms with E-state index in [0.717, 1.165) is 37.2 Å². The van der Waals surface area contributed by atoms with E-state index in [4.69, 9.17) is 4.74 Å². The second kappa shape index (κ2) is 7.54. The molecule has 100 valence electrons. The maximum absolute atomic E-state index is 12.1. The Balaban J connectivity index is 0.00000162. The molecule has 0 saturated carbocycles. The molecule has 0 unspecified atom stereocenters. The number of carbonyl (C=O) groups is 1. The van der Waals surface area contributed by atoms with E-state index in [9.17, 15) is 4.79 Å². The molecule has 0 atom stereocenters. The number of hydrogen-bond acceptors (Lipinski definition) is 3. The number of ketones is 1. The molecule has 2 rings (SSSR count). The number of benzene rings is 1. The van der Waals surface area contributed by atoms with Gasteiger partial charge in [0.15, 0.2) is 5.78 Å². The number of carbonyl (C=O) groups excluding carboxylic acids is 1. The quantitative estimate of drug-likeness (QED) is 0.869. The van der Waals surface area contributed by atoms with E-state index in [2.05, 4.69) is 5.32 Å². The van der Waals surface area contributed by atoms with E-state index in [-0.39, 0.29) is 22.8 Å². The number of halogens is 1. The van der Waals surface area contributed by atoms with Crippen molar-refractivity contribution in [1.82, 2.24) is 5.32 Å². The summed E-state index contributed by atoms with van der Waals surface area (Å²) < 4.78 is 5.13. The lowest BCUT2D eigenvalue weighted by Crippen LogP contribution is -2.28. The predicted octanol–water partition coefficient (Wildman–Crippen LogP) is 2.85. The van der Waals surface area contributed by atoms with E-state index in [1.165, 1.54) is 0 Å². The van der Waals surface area contributed by atoms with Crippen LogP contribution in [0.5, 0.6) is 5.75 Å². The van der Waals surface area contributed by atoms with E-state index in [1.54, 1.807) is 7.11 Å². The number of Topliss-reactive ketones (excluding diaryl/α,β-unsaturated/α-hetero) is 1. The number of methoxy groups -OCH3 is 1. The van der Waals surface area contributed by atoms with E-state index < -0.39 is 0 Å². The number of piperidine rings is 1. The Hall–Kier alpha value is -0.870. The van der Waals surface area contributed by atoms with Gasteiger partial charge in [0.05, 0.1) is 7.11 Å². The van der Waals surface area contributed by atoms with Gasteiger partial charge >= 0.3 is 0 Å². The van der Waals surface area contributed by atoms with Crippen LogP contribution >= 0.6 is 17.0 Å². The summed E-state index contributed by atoms with van der Waals surface area (Å²) in [5.41, 5.74) is 0.767. The molecule has 1 aliphatic rings. The molecular weight excluding hydrogens is 294 g/mol. The Labute approximate surface area is 119 Å². The van der Waals surface area contributed by atoms with Crippen molar-refractivity contribution in [2.75, 3.05) is 20.2 Å². The maximum atomic E-state index is 12.1. The highest BCUT2D eigenvalue weighted by atomic mass is 79.9. The lowest BCUT2D eigenvalue weighted by atomic mass is 9.90. The second-order valence-electron chi connectivity index (χ2n) is 4.55. The van der Waals surface area contributed by atoms with Gasteiger partial charge in [-0.3, -0.25) is 4.79 Å². The van der Waals surface area contributed by atoms with Gasteiger partial charge in [-0.05, 0) is 44.0 Å². The van der Waals surface area contributed by atoms with Gasteiger partial charge in [-0.15, -0.1) is 17.0 Å². The van der Waals surface area contributed by atoms with E-state index in [1.807, 2.05) is 24.3 Å². The summed E-state index contributed by atoms with van der Waals surface area (Å²) in [4.78, 5) is 12.1. The molecular formula is C14H20BrNO2. The Bertz CT molecular complexity index is 389. The van der Waals surface area contributed by atoms with Crippen molar-refractivity contribution in [2.24, 2.45) is 5.92 Å². The number of hydrogen-bond donors (Lipinski definition) is 1. The summed E-state index contributed by atoms with van der Waals surface area (Å²) in [6, 6.07) is 7.42. The maximum Gasteiger partial charge on any atom is 0.163 e. The van der Waals surface area contributed by atoms with Crippen molar-refractivity contribution >= 4 is 22.8 Å². The molecule has 0 radical (unpaired) electrons. The topological polar surface area (TPSA) is 38.3 Å². The summed E-state index contributed by atoms with van der Waals surface area (Å²) in [5, 5.41) is 3.31. The van der Waals surface area contributed by atoms with Crippen molar-refractivity contribution in [2.45, 2.75) is 19.3 Å². The summed E-state index contributed by atoms with van der Waals surface area (Å²) in [5.74, 6) is 1.52. The fourth-order valence-electron chi connectivity index (χ4n) is 2.26. The van der Waals surface area contributed by atoms with E-state index >= 15 is 0 Å². The lowest BCUT2D eigenvalue weighted by Gasteiger charge is -2.21. The van der Waals surface area contributed by atoms with Gasteiger partial charge in [-0.1, -0.05) is 12.1 Å². The average Bonchev–Trinajstić information content (AvgIpc) is 2.40. The Morgan fingerprint density at radius 3 is 2.78 bits per heavy atom. The molecule has 18 heavy (non-hydrogen) atoms. The summed E-state index contributed by atoms with van der Waals surface area (Å²) in [6.45, 7) is 2.08. The molecule has 1 fully saturated rings. The Morgan fingerprint density at radius 2 is 2.11 bits per heavy atom. The fraction of sp³-hybridized carbons (Fsp3) is 0.500. The highest BCUT2D eigenvalue weighted by Crippen LogP contribution is 2.20. The SMILES string of the molecule is Br.COc1cccc(C(=O)CC2CCNCC2)c1. The minimum absolute atomic E-state index is 0. The molecule has 0 aliphatic carbocycles. The zero-order valence-corrected chi connectivity index (χ0v) is 12.4. The summed E-state index contributed by atoms with van der Waals surface area (Å²) in [7, 11) is 1.62. The third kappa shape index (κ3) is 4.10. The molecule has 1 heterocycles. The molecule has 0 spiro atoms. The molecule has 0 aromatic heterocycles. The lowest BCUT2D eigenvalue weighted by molar-refractivity contribution is 0.0952. The van der Waals surface area contributed by atoms with Crippen LogP contribution in [-0.2, 0) is 0 Å². The van der Waals surface area contributed by atoms with Crippen LogP contribution in [0, 0.1) is 5.92 Å². The van der Waals surface area contributed by atoms with Crippen LogP contribution in [0.25, 0.3) is 0 Å². The third-order valence-electron chi connectivity index (χ3n) is 3.32. The number of nitrogens with one attached hydrogen (secondary N) is 1. The van der Waals surface area contributed by atoms with E-state index in [0.29, 0.717) is 12.3 Å². The largest absolute Gasteiger partial charge is 0.497 e. The van der Waals surface area contributed by atoms with Crippen molar-refractivity contribution in [3.05, 3.63) is 29.8 Å². The molecule has 1 aromatic carbocycles. The zero-order valence-electron chi connectivity index (χ0n) is 10.6. The van der Waals surface area contributed by atoms with Crippen molar-refractivity contribution in [3.63, 3.8) is 0 Å². The monoisotopic (exact) mass is 313 g/mol. The third-order valence-corrected chi connectivity index (χ3v) is 3.32. The number of rotatable bonds is 4. The van der Waals surface area contributed by atoms with Gasteiger partial charge in [0.2, 0.25) is 0 Å². The summed E-state index contributed by atoms with van der Waals surface area (Å²) >= 11 is 0. The normalized spacial score (nSPS) is 15.8. The molecule has 1 saturated heterocycles. The van der Waals surface area contributed by atoms with Crippen molar-refractivity contribution in [1.29, 1.82) is 0 Å². The van der Waals surface area contributed by atoms with Gasteiger partial charge < -0.3 is 10.1 Å². The van der Waals surface area contributed by atoms with Gasteiger partial charge in [-0.2, -0.15) is 0 Å². The van der Waals surface area contributed by atoms with Crippen LogP contribution < -0.4 is 10.1 Å². The van der Waals surface area contributed by atoms with Crippen LogP contribution in [0.15, 0.2) is 24.3 Å². The van der Waals surface area contributed by atoms with Crippen molar-refractivity contribution in [3.8, 4) is 5.75 Å². The molecule has 1 aromatic rings. The van der Waals surface area contributed by atoms with Gasteiger partial charge in [0, 0.05) is 12.0 Å². The predicted molar refractivity (Wildman–Crippen MR) is 77.9 cm³/mol. The van der Waals surface area contributed by atoms with Crippen LogP contribution in [0.1, 0.15) is 29.6 Å². The molecule has 1 aliphatic heterocycles. The summed E-state index contributed by atoms with van der Waals surface area (Å²) in [6.07, 6.45) is 2.88. The Morgan fingerprint density at radius 1 is 1.39 bits per heavy atom. The zero-order chi connectivity index (χ0) is 12.1. The molecule has 4 heteroatoms. The highest BCUT2D eigenvalue weighted by molar-refractivity contribution is 8.93. The van der Waals surface area contributed by atoms with Crippen LogP contribution in [-0.4, -0.2) is 26.0 Å². The highest BCUT2D eigenvalue weighted by Gasteiger charge is 2.17. The van der Waals surface area contributed by atoms with Crippen LogP contribution in [0.4, 0.5) is 0 Å². The van der Waals surface area contributed by atoms with Gasteiger partial charge in [-0.25, -0.2) is 0 Å². The first-order valence-electron chi connectivity index (χ1n) is 6.17. The fourth-order valence-corrected chi connectivity index (χ4v) is 2.26. The number of ether oxygens (including phenoxy) is 1. The molecule has 0 bridgehead atoms. The minimum Gasteiger partial charge on any atom is -0.497 e.